The number of amides is 3. The standard InChI is InChI=1S/C25H44N4O8/c1-22(2,3)34-17(30)16(27-19(31)35-23(4,5)6)13-15-14-26-18(28-20(32)36-24(7,8)9)29(15)21(33)37-25(10,11)12/h15-16H,13-14H2,1-12H3,(H,27,31)(H,26,28,32)/t15-,16+/m1/s1. The molecule has 0 aliphatic carbocycles. The van der Waals surface area contributed by atoms with Gasteiger partial charge < -0.3 is 24.3 Å². The number of hydrogen-bond acceptors (Lipinski definition) is 9. The number of alkyl carbamates (subject to hydrolysis) is 2. The summed E-state index contributed by atoms with van der Waals surface area (Å²) >= 11 is 0. The summed E-state index contributed by atoms with van der Waals surface area (Å²) < 4.78 is 21.6. The topological polar surface area (TPSA) is 145 Å². The first-order chi connectivity index (χ1) is 16.5. The van der Waals surface area contributed by atoms with E-state index in [2.05, 4.69) is 15.6 Å². The molecule has 0 aromatic carbocycles. The highest BCUT2D eigenvalue weighted by Crippen LogP contribution is 2.22. The van der Waals surface area contributed by atoms with Crippen LogP contribution in [0.1, 0.15) is 89.5 Å². The van der Waals surface area contributed by atoms with Crippen molar-refractivity contribution in [3.63, 3.8) is 0 Å². The Morgan fingerprint density at radius 3 is 1.70 bits per heavy atom. The summed E-state index contributed by atoms with van der Waals surface area (Å²) in [6.45, 7) is 20.4. The normalized spacial score (nSPS) is 17.4. The number of nitrogens with zero attached hydrogens (tertiary/aromatic N) is 2. The highest BCUT2D eigenvalue weighted by molar-refractivity contribution is 6.02. The number of aliphatic imine (C=N–C) groups is 1. The van der Waals surface area contributed by atoms with Crippen molar-refractivity contribution in [2.75, 3.05) is 6.54 Å². The van der Waals surface area contributed by atoms with E-state index in [0.717, 1.165) is 4.90 Å². The van der Waals surface area contributed by atoms with Gasteiger partial charge in [0.1, 0.15) is 28.4 Å². The van der Waals surface area contributed by atoms with Crippen molar-refractivity contribution in [3.8, 4) is 0 Å². The minimum atomic E-state index is -1.18. The average Bonchev–Trinajstić information content (AvgIpc) is 2.96. The summed E-state index contributed by atoms with van der Waals surface area (Å²) in [6, 6.07) is -1.94. The van der Waals surface area contributed by atoms with Crippen molar-refractivity contribution < 1.29 is 38.1 Å². The van der Waals surface area contributed by atoms with Crippen LogP contribution in [0, 0.1) is 0 Å². The summed E-state index contributed by atoms with van der Waals surface area (Å²) in [5, 5.41) is 5.02. The van der Waals surface area contributed by atoms with Gasteiger partial charge in [0.25, 0.3) is 0 Å². The van der Waals surface area contributed by atoms with Crippen LogP contribution in [-0.2, 0) is 23.7 Å². The van der Waals surface area contributed by atoms with E-state index in [-0.39, 0.29) is 18.9 Å². The van der Waals surface area contributed by atoms with Gasteiger partial charge in [-0.25, -0.2) is 24.1 Å². The Morgan fingerprint density at radius 1 is 0.784 bits per heavy atom. The van der Waals surface area contributed by atoms with Crippen LogP contribution in [0.15, 0.2) is 4.99 Å². The Bertz CT molecular complexity index is 888. The Labute approximate surface area is 219 Å². The SMILES string of the molecule is CC(C)(C)OC(=O)NC1=NC[C@@H](C[C@H](NC(=O)OC(C)(C)C)C(=O)OC(C)(C)C)N1C(=O)OC(C)(C)C. The Balaban J connectivity index is 3.23. The minimum Gasteiger partial charge on any atom is -0.458 e. The fraction of sp³-hybridized carbons (Fsp3) is 0.800. The second-order valence-corrected chi connectivity index (χ2v) is 12.8. The number of nitrogens with one attached hydrogen (secondary N) is 2. The third-order valence-electron chi connectivity index (χ3n) is 4.14. The third-order valence-corrected chi connectivity index (χ3v) is 4.14. The molecular formula is C25H44N4O8. The number of guanidine groups is 1. The molecule has 12 nitrogen and oxygen atoms in total. The highest BCUT2D eigenvalue weighted by Gasteiger charge is 2.41. The molecule has 2 atom stereocenters. The second kappa shape index (κ2) is 11.6. The van der Waals surface area contributed by atoms with E-state index in [4.69, 9.17) is 18.9 Å². The maximum atomic E-state index is 13.1. The van der Waals surface area contributed by atoms with Crippen molar-refractivity contribution in [2.45, 2.75) is 124 Å². The second-order valence-electron chi connectivity index (χ2n) is 12.8. The molecule has 2 N–H and O–H groups in total. The van der Waals surface area contributed by atoms with Gasteiger partial charge in [0.05, 0.1) is 12.6 Å². The van der Waals surface area contributed by atoms with Crippen molar-refractivity contribution in [3.05, 3.63) is 0 Å². The monoisotopic (exact) mass is 528 g/mol. The van der Waals surface area contributed by atoms with Gasteiger partial charge in [-0.05, 0) is 83.1 Å². The fourth-order valence-corrected chi connectivity index (χ4v) is 3.05. The van der Waals surface area contributed by atoms with Crippen LogP contribution in [0.2, 0.25) is 0 Å². The third kappa shape index (κ3) is 12.7. The first kappa shape index (κ1) is 32.0. The van der Waals surface area contributed by atoms with Crippen LogP contribution in [0.5, 0.6) is 0 Å². The van der Waals surface area contributed by atoms with E-state index >= 15 is 0 Å². The number of carbonyl (C=O) groups excluding carboxylic acids is 4. The predicted molar refractivity (Wildman–Crippen MR) is 137 cm³/mol. The van der Waals surface area contributed by atoms with Crippen LogP contribution in [0.4, 0.5) is 14.4 Å². The van der Waals surface area contributed by atoms with E-state index in [1.54, 1.807) is 83.1 Å². The first-order valence-electron chi connectivity index (χ1n) is 12.2. The zero-order chi connectivity index (χ0) is 29.0. The average molecular weight is 529 g/mol. The zero-order valence-electron chi connectivity index (χ0n) is 24.2. The maximum Gasteiger partial charge on any atom is 0.417 e. The number of esters is 1. The summed E-state index contributed by atoms with van der Waals surface area (Å²) in [7, 11) is 0. The Morgan fingerprint density at radius 2 is 1.24 bits per heavy atom. The molecule has 0 aromatic heterocycles. The van der Waals surface area contributed by atoms with E-state index in [9.17, 15) is 19.2 Å². The smallest absolute Gasteiger partial charge is 0.417 e. The van der Waals surface area contributed by atoms with Crippen LogP contribution < -0.4 is 10.6 Å². The lowest BCUT2D eigenvalue weighted by molar-refractivity contribution is -0.158. The maximum absolute atomic E-state index is 13.1. The summed E-state index contributed by atoms with van der Waals surface area (Å²) in [6.07, 6.45) is -2.50. The molecule has 1 rings (SSSR count). The van der Waals surface area contributed by atoms with Crippen molar-refractivity contribution in [2.24, 2.45) is 4.99 Å². The number of rotatable bonds is 4. The van der Waals surface area contributed by atoms with Gasteiger partial charge in [0.2, 0.25) is 5.96 Å². The zero-order valence-corrected chi connectivity index (χ0v) is 24.2. The van der Waals surface area contributed by atoms with Gasteiger partial charge in [-0.2, -0.15) is 0 Å². The predicted octanol–water partition coefficient (Wildman–Crippen LogP) is 4.11. The Hall–Kier alpha value is -3.05. The molecule has 0 bridgehead atoms. The van der Waals surface area contributed by atoms with Gasteiger partial charge in [0, 0.05) is 6.42 Å². The van der Waals surface area contributed by atoms with E-state index in [1.807, 2.05) is 0 Å². The van der Waals surface area contributed by atoms with Crippen LogP contribution >= 0.6 is 0 Å². The lowest BCUT2D eigenvalue weighted by Crippen LogP contribution is -2.54. The largest absolute Gasteiger partial charge is 0.458 e. The van der Waals surface area contributed by atoms with Crippen molar-refractivity contribution in [1.82, 2.24) is 15.5 Å². The molecular weight excluding hydrogens is 484 g/mol. The molecule has 1 aliphatic rings. The molecule has 0 saturated heterocycles. The molecule has 212 valence electrons. The van der Waals surface area contributed by atoms with Crippen LogP contribution in [0.3, 0.4) is 0 Å². The molecule has 12 heteroatoms. The quantitative estimate of drug-likeness (QED) is 0.410. The number of carbonyl (C=O) groups is 4. The van der Waals surface area contributed by atoms with Crippen molar-refractivity contribution >= 4 is 30.2 Å². The molecule has 37 heavy (non-hydrogen) atoms. The molecule has 1 heterocycles. The fourth-order valence-electron chi connectivity index (χ4n) is 3.05. The minimum absolute atomic E-state index is 0.0275. The van der Waals surface area contributed by atoms with Gasteiger partial charge in [0.15, 0.2) is 0 Å². The van der Waals surface area contributed by atoms with Crippen molar-refractivity contribution in [1.29, 1.82) is 0 Å². The van der Waals surface area contributed by atoms with E-state index in [1.165, 1.54) is 0 Å². The van der Waals surface area contributed by atoms with Gasteiger partial charge in [-0.1, -0.05) is 0 Å². The summed E-state index contributed by atoms with van der Waals surface area (Å²) in [5.41, 5.74) is -3.25. The molecule has 3 amide bonds. The molecule has 0 fully saturated rings. The first-order valence-corrected chi connectivity index (χ1v) is 12.2. The van der Waals surface area contributed by atoms with E-state index < -0.39 is 58.7 Å². The highest BCUT2D eigenvalue weighted by atomic mass is 16.6. The Kier molecular flexibility index (Phi) is 9.99. The molecule has 0 radical (unpaired) electrons. The number of hydrogen-bond donors (Lipinski definition) is 2. The summed E-state index contributed by atoms with van der Waals surface area (Å²) in [4.78, 5) is 56.5. The lowest BCUT2D eigenvalue weighted by atomic mass is 10.1. The molecule has 0 aromatic rings. The van der Waals surface area contributed by atoms with Crippen LogP contribution in [0.25, 0.3) is 0 Å². The molecule has 1 aliphatic heterocycles. The van der Waals surface area contributed by atoms with Gasteiger partial charge in [-0.3, -0.25) is 10.3 Å². The van der Waals surface area contributed by atoms with Gasteiger partial charge >= 0.3 is 24.2 Å². The summed E-state index contributed by atoms with van der Waals surface area (Å²) in [5.74, 6) is -0.801. The molecule has 0 unspecified atom stereocenters. The van der Waals surface area contributed by atoms with E-state index in [0.29, 0.717) is 0 Å². The lowest BCUT2D eigenvalue weighted by Gasteiger charge is -2.32. The molecule has 0 saturated carbocycles. The van der Waals surface area contributed by atoms with Gasteiger partial charge in [-0.15, -0.1) is 0 Å². The number of ether oxygens (including phenoxy) is 4. The van der Waals surface area contributed by atoms with Crippen LogP contribution in [-0.4, -0.2) is 76.1 Å². The molecule has 0 spiro atoms.